The number of benzene rings is 1. The Balaban J connectivity index is 3.29. The molecule has 1 aromatic carbocycles. The zero-order valence-electron chi connectivity index (χ0n) is 11.5. The third-order valence-corrected chi connectivity index (χ3v) is 4.72. The van der Waals surface area contributed by atoms with Crippen molar-refractivity contribution < 1.29 is 10.2 Å². The first-order chi connectivity index (χ1) is 7.78. The second-order valence-corrected chi connectivity index (χ2v) is 5.59. The lowest BCUT2D eigenvalue weighted by Crippen LogP contribution is -2.38. The van der Waals surface area contributed by atoms with Crippen molar-refractivity contribution in [1.82, 2.24) is 0 Å². The van der Waals surface area contributed by atoms with Crippen LogP contribution in [0.3, 0.4) is 0 Å². The van der Waals surface area contributed by atoms with Crippen LogP contribution in [-0.4, -0.2) is 10.2 Å². The molecular weight excluding hydrogens is 212 g/mol. The van der Waals surface area contributed by atoms with E-state index in [1.54, 1.807) is 6.07 Å². The van der Waals surface area contributed by atoms with Crippen molar-refractivity contribution in [3.8, 4) is 11.5 Å². The van der Waals surface area contributed by atoms with E-state index in [2.05, 4.69) is 34.6 Å². The Bertz CT molecular complexity index is 390. The van der Waals surface area contributed by atoms with Gasteiger partial charge in [0.15, 0.2) is 0 Å². The van der Waals surface area contributed by atoms with Crippen molar-refractivity contribution in [3.05, 3.63) is 23.8 Å². The highest BCUT2D eigenvalue weighted by Crippen LogP contribution is 2.49. The number of phenols is 2. The van der Waals surface area contributed by atoms with Crippen molar-refractivity contribution in [2.24, 2.45) is 5.41 Å². The maximum Gasteiger partial charge on any atom is 0.123 e. The molecule has 0 radical (unpaired) electrons. The summed E-state index contributed by atoms with van der Waals surface area (Å²) in [5.74, 6) is 0.292. The Morgan fingerprint density at radius 1 is 1.00 bits per heavy atom. The zero-order valence-corrected chi connectivity index (χ0v) is 11.5. The van der Waals surface area contributed by atoms with E-state index in [1.165, 1.54) is 6.07 Å². The summed E-state index contributed by atoms with van der Waals surface area (Å²) in [6.45, 7) is 10.9. The molecule has 0 amide bonds. The molecule has 0 aromatic heterocycles. The molecule has 96 valence electrons. The molecule has 1 aromatic rings. The summed E-state index contributed by atoms with van der Waals surface area (Å²) in [5.41, 5.74) is 0.900. The van der Waals surface area contributed by atoms with E-state index in [0.29, 0.717) is 0 Å². The van der Waals surface area contributed by atoms with Crippen molar-refractivity contribution in [3.63, 3.8) is 0 Å². The van der Waals surface area contributed by atoms with Crippen molar-refractivity contribution in [1.29, 1.82) is 0 Å². The van der Waals surface area contributed by atoms with Crippen molar-refractivity contribution in [2.75, 3.05) is 0 Å². The topological polar surface area (TPSA) is 40.5 Å². The molecule has 0 heterocycles. The van der Waals surface area contributed by atoms with Gasteiger partial charge in [-0.15, -0.1) is 0 Å². The minimum absolute atomic E-state index is 0.108. The zero-order chi connectivity index (χ0) is 13.3. The van der Waals surface area contributed by atoms with Crippen LogP contribution in [0.25, 0.3) is 0 Å². The fourth-order valence-corrected chi connectivity index (χ4v) is 2.51. The van der Waals surface area contributed by atoms with Gasteiger partial charge in [-0.3, -0.25) is 0 Å². The van der Waals surface area contributed by atoms with Gasteiger partial charge in [0.25, 0.3) is 0 Å². The van der Waals surface area contributed by atoms with Crippen LogP contribution in [0.1, 0.15) is 53.0 Å². The lowest BCUT2D eigenvalue weighted by atomic mass is 9.60. The molecule has 2 N–H and O–H groups in total. The SMILES string of the molecule is CCC(C)(CC)C(C)(C)c1ccc(O)cc1O. The average Bonchev–Trinajstić information content (AvgIpc) is 2.27. The van der Waals surface area contributed by atoms with E-state index in [9.17, 15) is 10.2 Å². The molecule has 0 saturated heterocycles. The predicted octanol–water partition coefficient (Wildman–Crippen LogP) is 4.20. The minimum atomic E-state index is -0.131. The summed E-state index contributed by atoms with van der Waals surface area (Å²) in [4.78, 5) is 0. The van der Waals surface area contributed by atoms with Gasteiger partial charge in [0, 0.05) is 11.6 Å². The van der Waals surface area contributed by atoms with Crippen LogP contribution in [-0.2, 0) is 5.41 Å². The normalized spacial score (nSPS) is 12.8. The van der Waals surface area contributed by atoms with Gasteiger partial charge in [-0.1, -0.05) is 40.7 Å². The summed E-state index contributed by atoms with van der Waals surface area (Å²) in [6, 6.07) is 4.89. The third-order valence-electron chi connectivity index (χ3n) is 4.72. The van der Waals surface area contributed by atoms with E-state index in [1.807, 2.05) is 6.07 Å². The Hall–Kier alpha value is -1.18. The van der Waals surface area contributed by atoms with Gasteiger partial charge in [0.1, 0.15) is 11.5 Å². The van der Waals surface area contributed by atoms with Crippen LogP contribution in [0.2, 0.25) is 0 Å². The summed E-state index contributed by atoms with van der Waals surface area (Å²) in [7, 11) is 0. The first kappa shape index (κ1) is 13.9. The van der Waals surface area contributed by atoms with E-state index >= 15 is 0 Å². The first-order valence-corrected chi connectivity index (χ1v) is 6.31. The molecule has 0 bridgehead atoms. The monoisotopic (exact) mass is 236 g/mol. The Kier molecular flexibility index (Phi) is 3.75. The molecule has 0 aliphatic heterocycles. The van der Waals surface area contributed by atoms with Gasteiger partial charge in [0.2, 0.25) is 0 Å². The standard InChI is InChI=1S/C15H24O2/c1-6-15(5,7-2)14(3,4)12-9-8-11(16)10-13(12)17/h8-10,16-17H,6-7H2,1-5H3. The fourth-order valence-electron chi connectivity index (χ4n) is 2.51. The second kappa shape index (κ2) is 4.59. The van der Waals surface area contributed by atoms with Crippen molar-refractivity contribution in [2.45, 2.75) is 52.9 Å². The molecule has 17 heavy (non-hydrogen) atoms. The van der Waals surface area contributed by atoms with E-state index in [4.69, 9.17) is 0 Å². The highest BCUT2D eigenvalue weighted by molar-refractivity contribution is 5.44. The van der Waals surface area contributed by atoms with Gasteiger partial charge in [-0.2, -0.15) is 0 Å². The lowest BCUT2D eigenvalue weighted by molar-refractivity contribution is 0.151. The maximum atomic E-state index is 10.0. The molecule has 0 aliphatic rings. The summed E-state index contributed by atoms with van der Waals surface area (Å²) in [6.07, 6.45) is 2.10. The molecule has 0 aliphatic carbocycles. The number of phenolic OH excluding ortho intramolecular Hbond substituents is 2. The smallest absolute Gasteiger partial charge is 0.123 e. The van der Waals surface area contributed by atoms with Crippen LogP contribution < -0.4 is 0 Å². The first-order valence-electron chi connectivity index (χ1n) is 6.31. The molecule has 0 saturated carbocycles. The van der Waals surface area contributed by atoms with Crippen LogP contribution in [0.5, 0.6) is 11.5 Å². The van der Waals surface area contributed by atoms with E-state index < -0.39 is 0 Å². The number of hydrogen-bond acceptors (Lipinski definition) is 2. The highest BCUT2D eigenvalue weighted by atomic mass is 16.3. The van der Waals surface area contributed by atoms with Gasteiger partial charge in [-0.05, 0) is 29.7 Å². The molecule has 0 spiro atoms. The fraction of sp³-hybridized carbons (Fsp3) is 0.600. The van der Waals surface area contributed by atoms with Crippen LogP contribution in [0, 0.1) is 5.41 Å². The van der Waals surface area contributed by atoms with Crippen LogP contribution in [0.15, 0.2) is 18.2 Å². The molecule has 1 rings (SSSR count). The summed E-state index contributed by atoms with van der Waals surface area (Å²) in [5, 5.41) is 19.4. The largest absolute Gasteiger partial charge is 0.508 e. The average molecular weight is 236 g/mol. The lowest BCUT2D eigenvalue weighted by Gasteiger charge is -2.44. The van der Waals surface area contributed by atoms with Gasteiger partial charge in [-0.25, -0.2) is 0 Å². The van der Waals surface area contributed by atoms with Crippen LogP contribution in [0.4, 0.5) is 0 Å². The molecule has 0 atom stereocenters. The van der Waals surface area contributed by atoms with E-state index in [0.717, 1.165) is 18.4 Å². The third kappa shape index (κ3) is 2.26. The Morgan fingerprint density at radius 2 is 1.53 bits per heavy atom. The van der Waals surface area contributed by atoms with Gasteiger partial charge < -0.3 is 10.2 Å². The molecule has 2 nitrogen and oxygen atoms in total. The molecule has 0 fully saturated rings. The predicted molar refractivity (Wildman–Crippen MR) is 71.5 cm³/mol. The second-order valence-electron chi connectivity index (χ2n) is 5.59. The minimum Gasteiger partial charge on any atom is -0.508 e. The number of rotatable bonds is 4. The van der Waals surface area contributed by atoms with Crippen LogP contribution >= 0.6 is 0 Å². The van der Waals surface area contributed by atoms with E-state index in [-0.39, 0.29) is 22.3 Å². The maximum absolute atomic E-state index is 10.0. The molecule has 2 heteroatoms. The van der Waals surface area contributed by atoms with Gasteiger partial charge >= 0.3 is 0 Å². The quantitative estimate of drug-likeness (QED) is 0.822. The number of aromatic hydroxyl groups is 2. The molecule has 0 unspecified atom stereocenters. The molecular formula is C15H24O2. The summed E-state index contributed by atoms with van der Waals surface area (Å²) < 4.78 is 0. The van der Waals surface area contributed by atoms with Gasteiger partial charge in [0.05, 0.1) is 0 Å². The Morgan fingerprint density at radius 3 is 1.94 bits per heavy atom. The number of hydrogen-bond donors (Lipinski definition) is 2. The van der Waals surface area contributed by atoms with Crippen molar-refractivity contribution >= 4 is 0 Å². The highest BCUT2D eigenvalue weighted by Gasteiger charge is 2.40. The Labute approximate surface area is 104 Å². The summed E-state index contributed by atoms with van der Waals surface area (Å²) >= 11 is 0.